The summed E-state index contributed by atoms with van der Waals surface area (Å²) >= 11 is 0. The van der Waals surface area contributed by atoms with Crippen LogP contribution in [0.15, 0.2) is 77.7 Å². The van der Waals surface area contributed by atoms with E-state index in [9.17, 15) is 22.8 Å². The summed E-state index contributed by atoms with van der Waals surface area (Å²) in [6.45, 7) is 1.33. The quantitative estimate of drug-likeness (QED) is 0.457. The van der Waals surface area contributed by atoms with Crippen molar-refractivity contribution >= 4 is 11.6 Å². The number of aromatic nitrogens is 3. The molecule has 33 heavy (non-hydrogen) atoms. The van der Waals surface area contributed by atoms with Crippen molar-refractivity contribution in [1.29, 1.82) is 0 Å². The van der Waals surface area contributed by atoms with Crippen molar-refractivity contribution in [3.05, 3.63) is 118 Å². The van der Waals surface area contributed by atoms with Crippen LogP contribution >= 0.6 is 0 Å². The van der Waals surface area contributed by atoms with Gasteiger partial charge in [0.05, 0.1) is 17.9 Å². The summed E-state index contributed by atoms with van der Waals surface area (Å²) in [5.41, 5.74) is -0.802. The minimum atomic E-state index is -0.999. The second kappa shape index (κ2) is 9.07. The summed E-state index contributed by atoms with van der Waals surface area (Å²) in [5, 5.41) is 4.09. The van der Waals surface area contributed by atoms with E-state index in [0.29, 0.717) is 17.5 Å². The van der Waals surface area contributed by atoms with Gasteiger partial charge in [0.15, 0.2) is 5.69 Å². The number of aryl methyl sites for hydroxylation is 1. The van der Waals surface area contributed by atoms with Gasteiger partial charge in [-0.15, -0.1) is 0 Å². The van der Waals surface area contributed by atoms with Crippen molar-refractivity contribution in [2.75, 3.05) is 4.90 Å². The molecule has 0 spiro atoms. The van der Waals surface area contributed by atoms with E-state index in [1.54, 1.807) is 31.2 Å². The molecule has 9 heteroatoms. The first-order valence-corrected chi connectivity index (χ1v) is 9.88. The molecule has 0 aliphatic carbocycles. The summed E-state index contributed by atoms with van der Waals surface area (Å²) in [6.07, 6.45) is 1.49. The van der Waals surface area contributed by atoms with Gasteiger partial charge < -0.3 is 0 Å². The van der Waals surface area contributed by atoms with Crippen LogP contribution < -0.4 is 10.3 Å². The minimum Gasteiger partial charge on any atom is -0.298 e. The summed E-state index contributed by atoms with van der Waals surface area (Å²) in [7, 11) is 0. The molecule has 2 aromatic carbocycles. The van der Waals surface area contributed by atoms with Gasteiger partial charge in [-0.05, 0) is 43.3 Å². The molecule has 0 saturated heterocycles. The highest BCUT2D eigenvalue weighted by molar-refractivity contribution is 6.04. The Morgan fingerprint density at radius 1 is 0.970 bits per heavy atom. The Kier molecular flexibility index (Phi) is 6.03. The van der Waals surface area contributed by atoms with Crippen LogP contribution in [-0.2, 0) is 6.54 Å². The number of hydrogen-bond donors (Lipinski definition) is 0. The zero-order valence-corrected chi connectivity index (χ0v) is 17.4. The van der Waals surface area contributed by atoms with E-state index >= 15 is 0 Å². The van der Waals surface area contributed by atoms with E-state index in [2.05, 4.69) is 10.1 Å². The molecule has 4 rings (SSSR count). The molecule has 0 N–H and O–H groups in total. The first kappa shape index (κ1) is 21.9. The zero-order valence-electron chi connectivity index (χ0n) is 17.4. The number of pyridine rings is 1. The van der Waals surface area contributed by atoms with E-state index in [1.165, 1.54) is 24.4 Å². The number of benzene rings is 2. The lowest BCUT2D eigenvalue weighted by molar-refractivity contribution is 0.0976. The molecule has 0 unspecified atom stereocenters. The van der Waals surface area contributed by atoms with Gasteiger partial charge in [-0.2, -0.15) is 5.10 Å². The molecular weight excluding hydrogens is 433 g/mol. The van der Waals surface area contributed by atoms with Crippen LogP contribution in [0.4, 0.5) is 18.9 Å². The SMILES string of the molecule is Cc1cc(=O)c(C(=O)N(Cc2ccccn2)c2ccc(F)cc2F)nn1-c1ccccc1F. The Morgan fingerprint density at radius 2 is 1.73 bits per heavy atom. The molecule has 1 amide bonds. The van der Waals surface area contributed by atoms with Gasteiger partial charge in [0, 0.05) is 24.0 Å². The van der Waals surface area contributed by atoms with Crippen LogP contribution in [0, 0.1) is 24.4 Å². The van der Waals surface area contributed by atoms with E-state index in [-0.39, 0.29) is 17.9 Å². The van der Waals surface area contributed by atoms with E-state index < -0.39 is 34.5 Å². The normalized spacial score (nSPS) is 10.8. The predicted molar refractivity (Wildman–Crippen MR) is 116 cm³/mol. The fraction of sp³-hybridized carbons (Fsp3) is 0.0833. The number of carbonyl (C=O) groups is 1. The van der Waals surface area contributed by atoms with Crippen LogP contribution in [0.1, 0.15) is 21.9 Å². The van der Waals surface area contributed by atoms with E-state index in [0.717, 1.165) is 27.8 Å². The fourth-order valence-electron chi connectivity index (χ4n) is 3.31. The van der Waals surface area contributed by atoms with Gasteiger partial charge >= 0.3 is 0 Å². The van der Waals surface area contributed by atoms with Crippen molar-refractivity contribution in [3.8, 4) is 5.69 Å². The molecule has 0 aliphatic heterocycles. The second-order valence-corrected chi connectivity index (χ2v) is 7.17. The molecule has 166 valence electrons. The maximum absolute atomic E-state index is 14.6. The lowest BCUT2D eigenvalue weighted by Gasteiger charge is -2.23. The molecule has 4 aromatic rings. The van der Waals surface area contributed by atoms with Crippen LogP contribution in [0.3, 0.4) is 0 Å². The molecule has 0 fully saturated rings. The van der Waals surface area contributed by atoms with Gasteiger partial charge in [0.25, 0.3) is 5.91 Å². The lowest BCUT2D eigenvalue weighted by Crippen LogP contribution is -2.37. The van der Waals surface area contributed by atoms with Gasteiger partial charge in [-0.3, -0.25) is 19.5 Å². The monoisotopic (exact) mass is 450 g/mol. The standard InChI is InChI=1S/C24H17F3N4O2/c1-15-12-22(32)23(29-31(15)21-8-3-2-7-18(21)26)24(33)30(14-17-6-4-5-11-28-17)20-10-9-16(25)13-19(20)27/h2-13H,14H2,1H3. The highest BCUT2D eigenvalue weighted by atomic mass is 19.1. The highest BCUT2D eigenvalue weighted by Crippen LogP contribution is 2.24. The number of anilines is 1. The van der Waals surface area contributed by atoms with Crippen LogP contribution in [0.5, 0.6) is 0 Å². The number of rotatable bonds is 5. The third-order valence-corrected chi connectivity index (χ3v) is 4.88. The largest absolute Gasteiger partial charge is 0.298 e. The predicted octanol–water partition coefficient (Wildman–Crippen LogP) is 4.20. The smallest absolute Gasteiger partial charge is 0.283 e. The fourth-order valence-corrected chi connectivity index (χ4v) is 3.31. The summed E-state index contributed by atoms with van der Waals surface area (Å²) in [4.78, 5) is 31.2. The van der Waals surface area contributed by atoms with Crippen molar-refractivity contribution < 1.29 is 18.0 Å². The molecule has 0 atom stereocenters. The molecule has 0 radical (unpaired) electrons. The lowest BCUT2D eigenvalue weighted by atomic mass is 10.2. The molecular formula is C24H17F3N4O2. The average molecular weight is 450 g/mol. The number of hydrogen-bond acceptors (Lipinski definition) is 4. The molecule has 2 aromatic heterocycles. The molecule has 0 saturated carbocycles. The van der Waals surface area contributed by atoms with Crippen molar-refractivity contribution in [2.45, 2.75) is 13.5 Å². The first-order valence-electron chi connectivity index (χ1n) is 9.88. The second-order valence-electron chi connectivity index (χ2n) is 7.17. The average Bonchev–Trinajstić information content (AvgIpc) is 2.79. The zero-order chi connectivity index (χ0) is 23.5. The summed E-state index contributed by atoms with van der Waals surface area (Å²) < 4.78 is 43.6. The van der Waals surface area contributed by atoms with Gasteiger partial charge in [0.2, 0.25) is 5.43 Å². The third-order valence-electron chi connectivity index (χ3n) is 4.88. The third kappa shape index (κ3) is 4.52. The maximum atomic E-state index is 14.6. The van der Waals surface area contributed by atoms with Crippen LogP contribution in [-0.4, -0.2) is 20.7 Å². The Hall–Kier alpha value is -4.27. The Balaban J connectivity index is 1.85. The summed E-state index contributed by atoms with van der Waals surface area (Å²) in [6, 6.07) is 14.6. The van der Waals surface area contributed by atoms with E-state index in [4.69, 9.17) is 0 Å². The highest BCUT2D eigenvalue weighted by Gasteiger charge is 2.26. The summed E-state index contributed by atoms with van der Waals surface area (Å²) in [5.74, 6) is -3.37. The maximum Gasteiger partial charge on any atom is 0.283 e. The Bertz CT molecular complexity index is 1390. The van der Waals surface area contributed by atoms with Crippen molar-refractivity contribution in [1.82, 2.24) is 14.8 Å². The van der Waals surface area contributed by atoms with Crippen molar-refractivity contribution in [3.63, 3.8) is 0 Å². The number of nitrogens with zero attached hydrogens (tertiary/aromatic N) is 4. The molecule has 0 bridgehead atoms. The van der Waals surface area contributed by atoms with Gasteiger partial charge in [-0.1, -0.05) is 18.2 Å². The van der Waals surface area contributed by atoms with Gasteiger partial charge in [-0.25, -0.2) is 17.9 Å². The minimum absolute atomic E-state index is 0.0355. The molecule has 0 aliphatic rings. The molecule has 2 heterocycles. The molecule has 6 nitrogen and oxygen atoms in total. The van der Waals surface area contributed by atoms with Crippen molar-refractivity contribution in [2.24, 2.45) is 0 Å². The topological polar surface area (TPSA) is 68.1 Å². The van der Waals surface area contributed by atoms with Crippen LogP contribution in [0.2, 0.25) is 0 Å². The number of carbonyl (C=O) groups excluding carboxylic acids is 1. The van der Waals surface area contributed by atoms with Gasteiger partial charge in [0.1, 0.15) is 23.1 Å². The number of halogens is 3. The first-order chi connectivity index (χ1) is 15.8. The number of amides is 1. The van der Waals surface area contributed by atoms with Crippen LogP contribution in [0.25, 0.3) is 5.69 Å². The van der Waals surface area contributed by atoms with E-state index in [1.807, 2.05) is 0 Å². The number of para-hydroxylation sites is 1. The Morgan fingerprint density at radius 3 is 2.42 bits per heavy atom. The Labute approximate surface area is 186 Å².